The third-order valence-corrected chi connectivity index (χ3v) is 6.99. The smallest absolute Gasteiger partial charge is 0.255 e. The van der Waals surface area contributed by atoms with Gasteiger partial charge in [0.25, 0.3) is 5.91 Å². The molecule has 0 saturated carbocycles. The van der Waals surface area contributed by atoms with E-state index in [1.165, 1.54) is 0 Å². The quantitative estimate of drug-likeness (QED) is 0.618. The topological polar surface area (TPSA) is 69.3 Å². The predicted octanol–water partition coefficient (Wildman–Crippen LogP) is 4.71. The summed E-state index contributed by atoms with van der Waals surface area (Å²) in [6, 6.07) is 11.4. The number of rotatable bonds is 4. The number of likely N-dealkylation sites (tertiary alicyclic amines) is 1. The first kappa shape index (κ1) is 21.7. The van der Waals surface area contributed by atoms with Crippen LogP contribution in [0, 0.1) is 24.2 Å². The van der Waals surface area contributed by atoms with E-state index in [4.69, 9.17) is 23.2 Å². The molecular weight excluding hydrogens is 433 g/mol. The maximum absolute atomic E-state index is 13.0. The maximum atomic E-state index is 13.0. The van der Waals surface area contributed by atoms with Crippen molar-refractivity contribution in [2.45, 2.75) is 19.8 Å². The zero-order chi connectivity index (χ0) is 22.3. The summed E-state index contributed by atoms with van der Waals surface area (Å²) in [5.74, 6) is -0.0164. The van der Waals surface area contributed by atoms with Gasteiger partial charge in [-0.25, -0.2) is 0 Å². The van der Waals surface area contributed by atoms with Gasteiger partial charge in [0.05, 0.1) is 22.2 Å². The molecule has 0 bridgehead atoms. The highest BCUT2D eigenvalue weighted by Crippen LogP contribution is 2.34. The normalized spacial score (nSPS) is 16.1. The first-order chi connectivity index (χ1) is 14.8. The number of nitriles is 1. The lowest BCUT2D eigenvalue weighted by atomic mass is 10.0. The second kappa shape index (κ2) is 8.55. The number of amides is 1. The third kappa shape index (κ3) is 3.92. The molecule has 2 aromatic carbocycles. The molecule has 1 saturated heterocycles. The molecule has 1 aromatic heterocycles. The number of aliphatic hydroxyl groups excluding tert-OH is 1. The second-order valence-electron chi connectivity index (χ2n) is 8.19. The zero-order valence-corrected chi connectivity index (χ0v) is 19.0. The fourth-order valence-electron chi connectivity index (χ4n) is 4.34. The number of nitrogens with zero attached hydrogens (tertiary/aromatic N) is 3. The molecule has 1 fully saturated rings. The molecule has 1 unspecified atom stereocenters. The first-order valence-electron chi connectivity index (χ1n) is 10.2. The molecule has 160 valence electrons. The fraction of sp³-hybridized carbons (Fsp3) is 0.333. The Kier molecular flexibility index (Phi) is 5.98. The van der Waals surface area contributed by atoms with Gasteiger partial charge in [0.2, 0.25) is 0 Å². The van der Waals surface area contributed by atoms with Crippen LogP contribution in [-0.4, -0.2) is 40.2 Å². The maximum Gasteiger partial charge on any atom is 0.255 e. The van der Waals surface area contributed by atoms with Crippen LogP contribution >= 0.6 is 23.2 Å². The van der Waals surface area contributed by atoms with E-state index in [0.29, 0.717) is 46.2 Å². The van der Waals surface area contributed by atoms with Gasteiger partial charge in [0.1, 0.15) is 0 Å². The monoisotopic (exact) mass is 455 g/mol. The lowest BCUT2D eigenvalue weighted by molar-refractivity contribution is 0.0782. The van der Waals surface area contributed by atoms with E-state index in [1.54, 1.807) is 17.0 Å². The van der Waals surface area contributed by atoms with Crippen LogP contribution in [-0.2, 0) is 13.5 Å². The summed E-state index contributed by atoms with van der Waals surface area (Å²) in [7, 11) is 1.95. The predicted molar refractivity (Wildman–Crippen MR) is 123 cm³/mol. The SMILES string of the molecule is Cc1cc(C#N)cc2c1cc(Cc1c(Cl)ccc(C(=O)N3CCC(CO)C3)c1Cl)n2C. The average Bonchev–Trinajstić information content (AvgIpc) is 3.36. The summed E-state index contributed by atoms with van der Waals surface area (Å²) in [6.07, 6.45) is 1.25. The highest BCUT2D eigenvalue weighted by molar-refractivity contribution is 6.38. The summed E-state index contributed by atoms with van der Waals surface area (Å²) >= 11 is 13.2. The molecule has 1 aliphatic rings. The molecule has 31 heavy (non-hydrogen) atoms. The summed E-state index contributed by atoms with van der Waals surface area (Å²) in [5.41, 5.74) is 4.75. The fourth-order valence-corrected chi connectivity index (χ4v) is 4.92. The van der Waals surface area contributed by atoms with Crippen LogP contribution in [0.2, 0.25) is 10.0 Å². The molecular formula is C24H23Cl2N3O2. The van der Waals surface area contributed by atoms with Gasteiger partial charge in [-0.05, 0) is 54.8 Å². The van der Waals surface area contributed by atoms with E-state index < -0.39 is 0 Å². The van der Waals surface area contributed by atoms with Crippen LogP contribution in [0.15, 0.2) is 30.3 Å². The Hall–Kier alpha value is -2.52. The molecule has 0 radical (unpaired) electrons. The summed E-state index contributed by atoms with van der Waals surface area (Å²) in [5, 5.41) is 20.6. The number of carbonyl (C=O) groups is 1. The highest BCUT2D eigenvalue weighted by atomic mass is 35.5. The van der Waals surface area contributed by atoms with E-state index in [2.05, 4.69) is 12.1 Å². The Bertz CT molecular complexity index is 1230. The van der Waals surface area contributed by atoms with Crippen LogP contribution in [0.5, 0.6) is 0 Å². The molecule has 0 aliphatic carbocycles. The lowest BCUT2D eigenvalue weighted by Crippen LogP contribution is -2.29. The molecule has 5 nitrogen and oxygen atoms in total. The van der Waals surface area contributed by atoms with Crippen molar-refractivity contribution in [3.8, 4) is 6.07 Å². The van der Waals surface area contributed by atoms with Crippen LogP contribution in [0.1, 0.15) is 39.2 Å². The molecule has 4 rings (SSSR count). The molecule has 2 heterocycles. The Morgan fingerprint density at radius 1 is 1.29 bits per heavy atom. The highest BCUT2D eigenvalue weighted by Gasteiger charge is 2.28. The number of carbonyl (C=O) groups excluding carboxylic acids is 1. The number of hydrogen-bond acceptors (Lipinski definition) is 3. The minimum Gasteiger partial charge on any atom is -0.396 e. The number of fused-ring (bicyclic) bond motifs is 1. The van der Waals surface area contributed by atoms with Gasteiger partial charge < -0.3 is 14.6 Å². The lowest BCUT2D eigenvalue weighted by Gasteiger charge is -2.19. The number of benzene rings is 2. The van der Waals surface area contributed by atoms with Crippen molar-refractivity contribution in [3.63, 3.8) is 0 Å². The molecule has 0 spiro atoms. The average molecular weight is 456 g/mol. The second-order valence-corrected chi connectivity index (χ2v) is 8.97. The van der Waals surface area contributed by atoms with Gasteiger partial charge in [-0.2, -0.15) is 5.26 Å². The largest absolute Gasteiger partial charge is 0.396 e. The Morgan fingerprint density at radius 3 is 2.74 bits per heavy atom. The van der Waals surface area contributed by atoms with Gasteiger partial charge in [-0.15, -0.1) is 0 Å². The van der Waals surface area contributed by atoms with Gasteiger partial charge in [0, 0.05) is 60.7 Å². The standard InChI is InChI=1S/C24H23Cl2N3O2/c1-14-7-16(11-27)8-22-19(14)9-17(28(22)2)10-20-21(25)4-3-18(23(20)26)24(31)29-6-5-15(12-29)13-30/h3-4,7-9,15,30H,5-6,10,12-13H2,1-2H3. The van der Waals surface area contributed by atoms with E-state index in [9.17, 15) is 15.2 Å². The van der Waals surface area contributed by atoms with Gasteiger partial charge >= 0.3 is 0 Å². The van der Waals surface area contributed by atoms with Gasteiger partial charge in [-0.3, -0.25) is 4.79 Å². The van der Waals surface area contributed by atoms with Crippen molar-refractivity contribution >= 4 is 40.0 Å². The number of halogens is 2. The number of hydrogen-bond donors (Lipinski definition) is 1. The van der Waals surface area contributed by atoms with Crippen molar-refractivity contribution < 1.29 is 9.90 Å². The van der Waals surface area contributed by atoms with E-state index in [0.717, 1.165) is 28.6 Å². The van der Waals surface area contributed by atoms with E-state index >= 15 is 0 Å². The van der Waals surface area contributed by atoms with Crippen molar-refractivity contribution in [1.82, 2.24) is 9.47 Å². The number of aliphatic hydroxyl groups is 1. The Labute approximate surface area is 191 Å². The zero-order valence-electron chi connectivity index (χ0n) is 17.5. The van der Waals surface area contributed by atoms with Gasteiger partial charge in [0.15, 0.2) is 0 Å². The first-order valence-corrected chi connectivity index (χ1v) is 11.0. The van der Waals surface area contributed by atoms with Crippen LogP contribution in [0.4, 0.5) is 0 Å². The molecule has 1 atom stereocenters. The van der Waals surface area contributed by atoms with Crippen molar-refractivity contribution in [3.05, 3.63) is 68.3 Å². The summed E-state index contributed by atoms with van der Waals surface area (Å²) < 4.78 is 2.04. The number of aromatic nitrogens is 1. The summed E-state index contributed by atoms with van der Waals surface area (Å²) in [6.45, 7) is 3.22. The molecule has 1 aliphatic heterocycles. The molecule has 1 N–H and O–H groups in total. The molecule has 1 amide bonds. The van der Waals surface area contributed by atoms with Crippen molar-refractivity contribution in [1.29, 1.82) is 5.26 Å². The van der Waals surface area contributed by atoms with Crippen LogP contribution in [0.3, 0.4) is 0 Å². The van der Waals surface area contributed by atoms with E-state index in [1.807, 2.05) is 30.7 Å². The molecule has 7 heteroatoms. The minimum atomic E-state index is -0.134. The Balaban J connectivity index is 1.70. The number of aryl methyl sites for hydroxylation is 2. The van der Waals surface area contributed by atoms with Crippen LogP contribution in [0.25, 0.3) is 10.9 Å². The van der Waals surface area contributed by atoms with Crippen molar-refractivity contribution in [2.24, 2.45) is 13.0 Å². The van der Waals surface area contributed by atoms with Gasteiger partial charge in [-0.1, -0.05) is 23.2 Å². The third-order valence-electron chi connectivity index (χ3n) is 6.20. The van der Waals surface area contributed by atoms with E-state index in [-0.39, 0.29) is 18.4 Å². The molecule has 3 aromatic rings. The minimum absolute atomic E-state index is 0.0807. The van der Waals surface area contributed by atoms with Crippen molar-refractivity contribution in [2.75, 3.05) is 19.7 Å². The van der Waals surface area contributed by atoms with Crippen LogP contribution < -0.4 is 0 Å². The summed E-state index contributed by atoms with van der Waals surface area (Å²) in [4.78, 5) is 14.8. The Morgan fingerprint density at radius 2 is 2.06 bits per heavy atom.